The van der Waals surface area contributed by atoms with E-state index in [9.17, 15) is 4.79 Å². The van der Waals surface area contributed by atoms with Crippen molar-refractivity contribution in [2.75, 3.05) is 40.4 Å². The van der Waals surface area contributed by atoms with Crippen LogP contribution in [0.25, 0.3) is 11.0 Å². The van der Waals surface area contributed by atoms with E-state index < -0.39 is 0 Å². The van der Waals surface area contributed by atoms with Gasteiger partial charge in [-0.3, -0.25) is 9.69 Å². The molecule has 1 amide bonds. The topological polar surface area (TPSA) is 68.0 Å². The molecular formula is C21H23N3O4. The van der Waals surface area contributed by atoms with Crippen LogP contribution in [0, 0.1) is 0 Å². The van der Waals surface area contributed by atoms with Gasteiger partial charge in [0, 0.05) is 43.7 Å². The van der Waals surface area contributed by atoms with Gasteiger partial charge in [-0.15, -0.1) is 0 Å². The minimum absolute atomic E-state index is 0.00693. The van der Waals surface area contributed by atoms with Crippen LogP contribution < -0.4 is 9.47 Å². The number of piperazine rings is 1. The molecule has 4 rings (SSSR count). The van der Waals surface area contributed by atoms with E-state index in [0.717, 1.165) is 36.3 Å². The molecule has 0 bridgehead atoms. The Kier molecular flexibility index (Phi) is 5.16. The number of fused-ring (bicyclic) bond motifs is 1. The molecule has 1 saturated heterocycles. The van der Waals surface area contributed by atoms with Gasteiger partial charge in [0.1, 0.15) is 5.69 Å². The summed E-state index contributed by atoms with van der Waals surface area (Å²) in [5.74, 6) is 1.18. The second kappa shape index (κ2) is 7.90. The minimum atomic E-state index is 0.00693. The van der Waals surface area contributed by atoms with Crippen LogP contribution in [0.1, 0.15) is 16.1 Å². The average molecular weight is 381 g/mol. The van der Waals surface area contributed by atoms with Gasteiger partial charge in [-0.1, -0.05) is 17.3 Å². The Morgan fingerprint density at radius 2 is 1.79 bits per heavy atom. The lowest BCUT2D eigenvalue weighted by Crippen LogP contribution is -2.48. The van der Waals surface area contributed by atoms with Gasteiger partial charge in [0.25, 0.3) is 5.91 Å². The molecule has 0 atom stereocenters. The first-order valence-corrected chi connectivity index (χ1v) is 9.26. The normalized spacial score (nSPS) is 15.0. The summed E-state index contributed by atoms with van der Waals surface area (Å²) in [6, 6.07) is 13.1. The summed E-state index contributed by atoms with van der Waals surface area (Å²) in [4.78, 5) is 17.0. The molecule has 2 heterocycles. The number of carbonyl (C=O) groups is 1. The molecule has 2 aromatic carbocycles. The number of methoxy groups -OCH3 is 2. The number of carbonyl (C=O) groups excluding carboxylic acids is 1. The first-order chi connectivity index (χ1) is 13.7. The first kappa shape index (κ1) is 18.3. The quantitative estimate of drug-likeness (QED) is 0.677. The summed E-state index contributed by atoms with van der Waals surface area (Å²) < 4.78 is 15.9. The van der Waals surface area contributed by atoms with Crippen molar-refractivity contribution < 1.29 is 18.8 Å². The number of aromatic nitrogens is 1. The summed E-state index contributed by atoms with van der Waals surface area (Å²) in [7, 11) is 3.15. The number of amides is 1. The van der Waals surface area contributed by atoms with Crippen molar-refractivity contribution in [3.8, 4) is 11.5 Å². The number of hydrogen-bond acceptors (Lipinski definition) is 6. The molecule has 0 saturated carbocycles. The minimum Gasteiger partial charge on any atom is -0.493 e. The van der Waals surface area contributed by atoms with Crippen LogP contribution in [-0.4, -0.2) is 61.3 Å². The zero-order chi connectivity index (χ0) is 19.5. The molecule has 7 nitrogen and oxygen atoms in total. The molecular weight excluding hydrogens is 358 g/mol. The second-order valence-electron chi connectivity index (χ2n) is 6.76. The van der Waals surface area contributed by atoms with E-state index >= 15 is 0 Å². The van der Waals surface area contributed by atoms with Crippen molar-refractivity contribution in [2.45, 2.75) is 6.54 Å². The predicted molar refractivity (Wildman–Crippen MR) is 105 cm³/mol. The summed E-state index contributed by atoms with van der Waals surface area (Å²) in [5.41, 5.74) is 2.35. The maximum atomic E-state index is 12.8. The van der Waals surface area contributed by atoms with Crippen molar-refractivity contribution in [2.24, 2.45) is 0 Å². The molecule has 7 heteroatoms. The van der Waals surface area contributed by atoms with E-state index in [4.69, 9.17) is 14.0 Å². The molecule has 146 valence electrons. The largest absolute Gasteiger partial charge is 0.493 e. The summed E-state index contributed by atoms with van der Waals surface area (Å²) >= 11 is 0. The lowest BCUT2D eigenvalue weighted by molar-refractivity contribution is 0.0625. The Morgan fingerprint density at radius 1 is 1.04 bits per heavy atom. The smallest absolute Gasteiger partial charge is 0.254 e. The Morgan fingerprint density at radius 3 is 2.54 bits per heavy atom. The fraction of sp³-hybridized carbons (Fsp3) is 0.333. The highest BCUT2D eigenvalue weighted by Gasteiger charge is 2.24. The van der Waals surface area contributed by atoms with Crippen LogP contribution in [0.15, 0.2) is 47.0 Å². The standard InChI is InChI=1S/C21H23N3O4/c1-26-19-8-7-15(13-20(19)27-2)21(25)24-11-9-23(10-12-24)14-17-16-5-3-4-6-18(16)28-22-17/h3-8,13H,9-12,14H2,1-2H3. The van der Waals surface area contributed by atoms with E-state index in [1.54, 1.807) is 32.4 Å². The van der Waals surface area contributed by atoms with Crippen molar-refractivity contribution in [1.29, 1.82) is 0 Å². The zero-order valence-corrected chi connectivity index (χ0v) is 16.1. The number of rotatable bonds is 5. The SMILES string of the molecule is COc1ccc(C(=O)N2CCN(Cc3noc4ccccc34)CC2)cc1OC. The molecule has 1 aromatic heterocycles. The lowest BCUT2D eigenvalue weighted by Gasteiger charge is -2.34. The summed E-state index contributed by atoms with van der Waals surface area (Å²) in [6.45, 7) is 3.64. The third-order valence-electron chi connectivity index (χ3n) is 5.12. The van der Waals surface area contributed by atoms with Crippen LogP contribution >= 0.6 is 0 Å². The van der Waals surface area contributed by atoms with Gasteiger partial charge in [-0.2, -0.15) is 0 Å². The van der Waals surface area contributed by atoms with E-state index in [1.807, 2.05) is 29.2 Å². The van der Waals surface area contributed by atoms with E-state index in [1.165, 1.54) is 0 Å². The maximum absolute atomic E-state index is 12.8. The van der Waals surface area contributed by atoms with Gasteiger partial charge < -0.3 is 18.9 Å². The summed E-state index contributed by atoms with van der Waals surface area (Å²) in [5, 5.41) is 5.25. The second-order valence-corrected chi connectivity index (χ2v) is 6.76. The molecule has 1 aliphatic rings. The molecule has 0 radical (unpaired) electrons. The van der Waals surface area contributed by atoms with Crippen molar-refractivity contribution >= 4 is 16.9 Å². The summed E-state index contributed by atoms with van der Waals surface area (Å²) in [6.07, 6.45) is 0. The Balaban J connectivity index is 1.39. The predicted octanol–water partition coefficient (Wildman–Crippen LogP) is 2.80. The Labute approximate surface area is 163 Å². The first-order valence-electron chi connectivity index (χ1n) is 9.26. The van der Waals surface area contributed by atoms with Crippen molar-refractivity contribution in [1.82, 2.24) is 15.0 Å². The molecule has 0 spiro atoms. The number of ether oxygens (including phenoxy) is 2. The molecule has 0 aliphatic carbocycles. The van der Waals surface area contributed by atoms with Crippen LogP contribution in [0.2, 0.25) is 0 Å². The van der Waals surface area contributed by atoms with Gasteiger partial charge in [0.05, 0.1) is 14.2 Å². The van der Waals surface area contributed by atoms with Gasteiger partial charge >= 0.3 is 0 Å². The Hall–Kier alpha value is -3.06. The van der Waals surface area contributed by atoms with Gasteiger partial charge in [0.15, 0.2) is 17.1 Å². The third-order valence-corrected chi connectivity index (χ3v) is 5.12. The number of benzene rings is 2. The molecule has 0 N–H and O–H groups in total. The lowest BCUT2D eigenvalue weighted by atomic mass is 10.1. The van der Waals surface area contributed by atoms with E-state index in [2.05, 4.69) is 10.1 Å². The van der Waals surface area contributed by atoms with Crippen LogP contribution in [-0.2, 0) is 6.54 Å². The van der Waals surface area contributed by atoms with Crippen LogP contribution in [0.4, 0.5) is 0 Å². The van der Waals surface area contributed by atoms with Crippen LogP contribution in [0.3, 0.4) is 0 Å². The zero-order valence-electron chi connectivity index (χ0n) is 16.1. The van der Waals surface area contributed by atoms with Gasteiger partial charge in [0.2, 0.25) is 0 Å². The molecule has 3 aromatic rings. The highest BCUT2D eigenvalue weighted by Crippen LogP contribution is 2.28. The number of nitrogens with zero attached hydrogens (tertiary/aromatic N) is 3. The highest BCUT2D eigenvalue weighted by atomic mass is 16.5. The van der Waals surface area contributed by atoms with E-state index in [0.29, 0.717) is 30.2 Å². The maximum Gasteiger partial charge on any atom is 0.254 e. The average Bonchev–Trinajstić information content (AvgIpc) is 3.16. The Bertz CT molecular complexity index is 977. The van der Waals surface area contributed by atoms with Gasteiger partial charge in [-0.05, 0) is 30.3 Å². The molecule has 1 fully saturated rings. The fourth-order valence-corrected chi connectivity index (χ4v) is 3.52. The molecule has 0 unspecified atom stereocenters. The van der Waals surface area contributed by atoms with Gasteiger partial charge in [-0.25, -0.2) is 0 Å². The third kappa shape index (κ3) is 3.53. The fourth-order valence-electron chi connectivity index (χ4n) is 3.52. The number of hydrogen-bond donors (Lipinski definition) is 0. The molecule has 1 aliphatic heterocycles. The monoisotopic (exact) mass is 381 g/mol. The van der Waals surface area contributed by atoms with Crippen molar-refractivity contribution in [3.63, 3.8) is 0 Å². The highest BCUT2D eigenvalue weighted by molar-refractivity contribution is 5.95. The van der Waals surface area contributed by atoms with Crippen LogP contribution in [0.5, 0.6) is 11.5 Å². The van der Waals surface area contributed by atoms with E-state index in [-0.39, 0.29) is 5.91 Å². The molecule has 28 heavy (non-hydrogen) atoms. The van der Waals surface area contributed by atoms with Crippen molar-refractivity contribution in [3.05, 3.63) is 53.7 Å². The number of para-hydroxylation sites is 1.